The number of hydrogen-bond donors (Lipinski definition) is 0. The summed E-state index contributed by atoms with van der Waals surface area (Å²) in [5.41, 5.74) is 0. The van der Waals surface area contributed by atoms with Gasteiger partial charge in [-0.3, -0.25) is 0 Å². The fourth-order valence-corrected chi connectivity index (χ4v) is 0. The molecule has 12 heteroatoms. The predicted molar refractivity (Wildman–Crippen MR) is 35.6 cm³/mol. The Labute approximate surface area is 152 Å². The van der Waals surface area contributed by atoms with Crippen LogP contribution in [0.25, 0.3) is 0 Å². The van der Waals surface area contributed by atoms with E-state index in [9.17, 15) is 0 Å². The largest absolute Gasteiger partial charge is 1.00 e. The normalized spacial score (nSPS) is 1.18. The quantitative estimate of drug-likeness (QED) is 0.337. The van der Waals surface area contributed by atoms with Crippen LogP contribution in [-0.2, 0) is 45.0 Å². The summed E-state index contributed by atoms with van der Waals surface area (Å²) in [5.74, 6) is 0. The van der Waals surface area contributed by atoms with Crippen LogP contribution in [0.5, 0.6) is 0 Å². The Morgan fingerprint density at radius 2 is 0.294 bits per heavy atom. The van der Waals surface area contributed by atoms with Gasteiger partial charge in [0.15, 0.2) is 0 Å². The van der Waals surface area contributed by atoms with Gasteiger partial charge in [-0.25, -0.2) is 0 Å². The molecule has 0 aliphatic rings. The standard InChI is InChI=1S/5CH2O.6ClH.Mo/c5*1-2;;;;;;;/h5*1H2;6*1H;/p-6. The van der Waals surface area contributed by atoms with Gasteiger partial charge in [0.05, 0.1) is 0 Å². The topological polar surface area (TPSA) is 85.3 Å². The van der Waals surface area contributed by atoms with E-state index in [1.54, 1.807) is 0 Å². The Balaban J connectivity index is -0.00000000167. The third kappa shape index (κ3) is 6050. The van der Waals surface area contributed by atoms with E-state index in [-0.39, 0.29) is 95.5 Å². The number of hydrogen-bond acceptors (Lipinski definition) is 5. The van der Waals surface area contributed by atoms with Crippen molar-refractivity contribution in [2.24, 2.45) is 0 Å². The van der Waals surface area contributed by atoms with E-state index in [4.69, 9.17) is 24.0 Å². The van der Waals surface area contributed by atoms with E-state index >= 15 is 0 Å². The van der Waals surface area contributed by atoms with E-state index in [0.29, 0.717) is 0 Å². The van der Waals surface area contributed by atoms with Crippen LogP contribution in [0.3, 0.4) is 0 Å². The Morgan fingerprint density at radius 1 is 0.294 bits per heavy atom. The number of rotatable bonds is 0. The van der Waals surface area contributed by atoms with Gasteiger partial charge in [0.1, 0.15) is 33.9 Å². The molecule has 0 radical (unpaired) electrons. The third-order valence-corrected chi connectivity index (χ3v) is 0. The average molecular weight is 459 g/mol. The van der Waals surface area contributed by atoms with Gasteiger partial charge in [-0.1, -0.05) is 0 Å². The molecule has 0 rings (SSSR count). The first-order valence-electron chi connectivity index (χ1n) is 1.44. The van der Waals surface area contributed by atoms with Gasteiger partial charge in [0.25, 0.3) is 0 Å². The van der Waals surface area contributed by atoms with Gasteiger partial charge in [-0.2, -0.15) is 0 Å². The zero-order valence-corrected chi connectivity index (χ0v) is 14.8. The van der Waals surface area contributed by atoms with Crippen molar-refractivity contribution in [1.82, 2.24) is 0 Å². The van der Waals surface area contributed by atoms with Crippen LogP contribution in [0, 0.1) is 0 Å². The molecule has 0 aromatic carbocycles. The van der Waals surface area contributed by atoms with E-state index < -0.39 is 0 Å². The summed E-state index contributed by atoms with van der Waals surface area (Å²) in [5, 5.41) is 0. The van der Waals surface area contributed by atoms with Crippen LogP contribution in [0.1, 0.15) is 0 Å². The molecule has 114 valence electrons. The van der Waals surface area contributed by atoms with Crippen molar-refractivity contribution in [2.75, 3.05) is 0 Å². The average Bonchev–Trinajstić information content (AvgIpc) is 2.20. The number of halogens is 6. The Hall–Kier alpha value is 0.778. The van der Waals surface area contributed by atoms with Crippen molar-refractivity contribution in [1.29, 1.82) is 0 Å². The van der Waals surface area contributed by atoms with Crippen LogP contribution < -0.4 is 74.4 Å². The molecule has 0 N–H and O–H groups in total. The molecule has 0 fully saturated rings. The molecule has 0 aromatic rings. The molecule has 0 atom stereocenters. The summed E-state index contributed by atoms with van der Waals surface area (Å²) in [6.07, 6.45) is 0. The van der Waals surface area contributed by atoms with Crippen molar-refractivity contribution in [3.8, 4) is 0 Å². The first kappa shape index (κ1) is 150. The van der Waals surface area contributed by atoms with E-state index in [1.165, 1.54) is 0 Å². The fourth-order valence-electron chi connectivity index (χ4n) is 0. The maximum absolute atomic E-state index is 8.00. The maximum atomic E-state index is 8.00. The zero-order valence-electron chi connectivity index (χ0n) is 8.25. The second-order valence-electron chi connectivity index (χ2n) is 0. The first-order chi connectivity index (χ1) is 5.00. The minimum absolute atomic E-state index is 0. The smallest absolute Gasteiger partial charge is 0.106 e. The molecule has 0 saturated carbocycles. The van der Waals surface area contributed by atoms with Gasteiger partial charge in [0.2, 0.25) is 0 Å². The Bertz CT molecular complexity index is 42.4. The van der Waals surface area contributed by atoms with Crippen molar-refractivity contribution in [2.45, 2.75) is 0 Å². The molecular formula is C5H10Cl6MoO5-6. The number of carbonyl (C=O) groups excluding carboxylic acids is 5. The molecule has 0 saturated heterocycles. The fraction of sp³-hybridized carbons (Fsp3) is 0. The summed E-state index contributed by atoms with van der Waals surface area (Å²) in [6, 6.07) is 0. The summed E-state index contributed by atoms with van der Waals surface area (Å²) < 4.78 is 0. The van der Waals surface area contributed by atoms with Gasteiger partial charge in [-0.15, -0.1) is 0 Å². The van der Waals surface area contributed by atoms with E-state index in [0.717, 1.165) is 0 Å². The summed E-state index contributed by atoms with van der Waals surface area (Å²) in [4.78, 5) is 40.0. The van der Waals surface area contributed by atoms with Crippen LogP contribution in [-0.4, -0.2) is 33.9 Å². The summed E-state index contributed by atoms with van der Waals surface area (Å²) in [6.45, 7) is 10.0. The van der Waals surface area contributed by atoms with Gasteiger partial charge in [-0.05, 0) is 0 Å². The molecule has 0 bridgehead atoms. The minimum atomic E-state index is 0. The molecular weight excluding hydrogens is 449 g/mol. The summed E-state index contributed by atoms with van der Waals surface area (Å²) >= 11 is 0. The van der Waals surface area contributed by atoms with Crippen LogP contribution in [0.4, 0.5) is 0 Å². The molecule has 0 unspecified atom stereocenters. The molecule has 0 amide bonds. The molecule has 0 spiro atoms. The van der Waals surface area contributed by atoms with Gasteiger partial charge < -0.3 is 98.4 Å². The Morgan fingerprint density at radius 3 is 0.294 bits per heavy atom. The molecule has 0 aromatic heterocycles. The van der Waals surface area contributed by atoms with Crippen molar-refractivity contribution < 1.29 is 119 Å². The van der Waals surface area contributed by atoms with E-state index in [1.807, 2.05) is 33.9 Å². The second kappa shape index (κ2) is 6900. The maximum Gasteiger partial charge on any atom is 0.106 e. The molecule has 5 nitrogen and oxygen atoms in total. The first-order valence-corrected chi connectivity index (χ1v) is 1.44. The molecule has 0 aliphatic carbocycles. The van der Waals surface area contributed by atoms with Crippen LogP contribution in [0.2, 0.25) is 0 Å². The van der Waals surface area contributed by atoms with Gasteiger partial charge in [0, 0.05) is 21.1 Å². The van der Waals surface area contributed by atoms with E-state index in [2.05, 4.69) is 0 Å². The van der Waals surface area contributed by atoms with Crippen molar-refractivity contribution in [3.05, 3.63) is 0 Å². The van der Waals surface area contributed by atoms with Gasteiger partial charge >= 0.3 is 0 Å². The minimum Gasteiger partial charge on any atom is -1.00 e. The Kier molecular flexibility index (Phi) is 60800. The summed E-state index contributed by atoms with van der Waals surface area (Å²) in [7, 11) is 0. The molecule has 0 heterocycles. The van der Waals surface area contributed by atoms with Crippen LogP contribution in [0.15, 0.2) is 0 Å². The predicted octanol–water partition coefficient (Wildman–Crippen LogP) is -18.9. The molecule has 17 heavy (non-hydrogen) atoms. The van der Waals surface area contributed by atoms with Crippen molar-refractivity contribution >= 4 is 33.9 Å². The third-order valence-electron chi connectivity index (χ3n) is 0. The van der Waals surface area contributed by atoms with Crippen LogP contribution >= 0.6 is 0 Å². The number of carbonyl (C=O) groups is 5. The van der Waals surface area contributed by atoms with Crippen molar-refractivity contribution in [3.63, 3.8) is 0 Å². The second-order valence-corrected chi connectivity index (χ2v) is 0. The molecule has 0 aliphatic heterocycles. The zero-order chi connectivity index (χ0) is 10.0. The monoisotopic (exact) mass is 458 g/mol. The SMILES string of the molecule is C=O.C=O.C=O.C=O.C=O.[Cl-].[Cl-].[Cl-].[Cl-].[Cl-].[Cl-].[Mo].